The topological polar surface area (TPSA) is 21.3 Å². The molecule has 0 radical (unpaired) electrons. The van der Waals surface area contributed by atoms with Crippen molar-refractivity contribution in [2.45, 2.75) is 60.1 Å². The minimum atomic E-state index is 0.321. The average molecular weight is 287 g/mol. The highest BCUT2D eigenvalue weighted by Gasteiger charge is 2.67. The largest absolute Gasteiger partial charge is 0.490 e. The second-order valence-corrected chi connectivity index (χ2v) is 7.96. The molecule has 116 valence electrons. The molecule has 1 saturated carbocycles. The first-order valence-electron chi connectivity index (χ1n) is 8.32. The molecule has 1 aromatic rings. The first-order chi connectivity index (χ1) is 9.79. The molecule has 1 fully saturated rings. The van der Waals surface area contributed by atoms with Crippen molar-refractivity contribution in [3.05, 3.63) is 29.3 Å². The van der Waals surface area contributed by atoms with Crippen molar-refractivity contribution in [1.29, 1.82) is 0 Å². The van der Waals surface area contributed by atoms with E-state index in [-0.39, 0.29) is 0 Å². The summed E-state index contributed by atoms with van der Waals surface area (Å²) in [5.74, 6) is 1.76. The number of hydrogen-bond donors (Lipinski definition) is 1. The summed E-state index contributed by atoms with van der Waals surface area (Å²) in [6, 6.07) is 7.24. The van der Waals surface area contributed by atoms with Crippen LogP contribution in [0.4, 0.5) is 0 Å². The first kappa shape index (κ1) is 14.9. The normalized spacial score (nSPS) is 27.0. The van der Waals surface area contributed by atoms with Gasteiger partial charge in [-0.15, -0.1) is 0 Å². The van der Waals surface area contributed by atoms with Crippen LogP contribution in [0.1, 0.15) is 58.7 Å². The van der Waals surface area contributed by atoms with E-state index in [1.165, 1.54) is 11.1 Å². The number of rotatable bonds is 4. The molecule has 2 nitrogen and oxygen atoms in total. The third kappa shape index (κ3) is 2.19. The summed E-state index contributed by atoms with van der Waals surface area (Å²) < 4.78 is 5.84. The lowest BCUT2D eigenvalue weighted by Crippen LogP contribution is -2.25. The van der Waals surface area contributed by atoms with Gasteiger partial charge in [0.2, 0.25) is 0 Å². The molecule has 2 aliphatic rings. The van der Waals surface area contributed by atoms with E-state index < -0.39 is 0 Å². The van der Waals surface area contributed by atoms with E-state index in [9.17, 15) is 0 Å². The summed E-state index contributed by atoms with van der Waals surface area (Å²) in [5.41, 5.74) is 3.58. The van der Waals surface area contributed by atoms with E-state index in [0.29, 0.717) is 28.9 Å². The van der Waals surface area contributed by atoms with Gasteiger partial charge in [0.05, 0.1) is 0 Å². The molecule has 21 heavy (non-hydrogen) atoms. The van der Waals surface area contributed by atoms with Crippen molar-refractivity contribution in [2.24, 2.45) is 16.7 Å². The maximum atomic E-state index is 5.84. The number of hydrogen-bond acceptors (Lipinski definition) is 2. The van der Waals surface area contributed by atoms with Crippen molar-refractivity contribution in [2.75, 3.05) is 6.54 Å². The van der Waals surface area contributed by atoms with Gasteiger partial charge in [-0.1, -0.05) is 46.8 Å². The fourth-order valence-corrected chi connectivity index (χ4v) is 4.36. The van der Waals surface area contributed by atoms with Crippen LogP contribution in [0.5, 0.6) is 5.75 Å². The Balaban J connectivity index is 1.91. The molecule has 0 saturated heterocycles. The zero-order valence-corrected chi connectivity index (χ0v) is 14.3. The van der Waals surface area contributed by atoms with Gasteiger partial charge in [-0.05, 0) is 47.4 Å². The number of fused-ring (bicyclic) bond motifs is 1. The van der Waals surface area contributed by atoms with Crippen LogP contribution in [0.3, 0.4) is 0 Å². The van der Waals surface area contributed by atoms with Crippen LogP contribution < -0.4 is 10.1 Å². The van der Waals surface area contributed by atoms with Crippen molar-refractivity contribution in [3.63, 3.8) is 0 Å². The van der Waals surface area contributed by atoms with Gasteiger partial charge >= 0.3 is 0 Å². The molecule has 1 aliphatic carbocycles. The van der Waals surface area contributed by atoms with Crippen LogP contribution >= 0.6 is 0 Å². The molecule has 0 spiro atoms. The standard InChI is InChI=1S/C19H29NO/c1-7-20-16(17-18(3,4)19(17,5)6)13-8-9-15-14(11-13)10-12(2)21-15/h8-9,11-12,16-17,20H,7,10H2,1-6H3. The monoisotopic (exact) mass is 287 g/mol. The molecule has 1 N–H and O–H groups in total. The fourth-order valence-electron chi connectivity index (χ4n) is 4.36. The lowest BCUT2D eigenvalue weighted by molar-refractivity contribution is 0.254. The predicted octanol–water partition coefficient (Wildman–Crippen LogP) is 4.34. The molecule has 3 rings (SSSR count). The zero-order valence-electron chi connectivity index (χ0n) is 14.3. The average Bonchev–Trinajstić information content (AvgIpc) is 2.70. The van der Waals surface area contributed by atoms with Crippen LogP contribution in [0, 0.1) is 16.7 Å². The van der Waals surface area contributed by atoms with Crippen LogP contribution in [0.15, 0.2) is 18.2 Å². The Morgan fingerprint density at radius 3 is 2.48 bits per heavy atom. The molecule has 0 amide bonds. The van der Waals surface area contributed by atoms with Crippen molar-refractivity contribution >= 4 is 0 Å². The first-order valence-corrected chi connectivity index (χ1v) is 8.32. The van der Waals surface area contributed by atoms with Gasteiger partial charge in [-0.3, -0.25) is 0 Å². The van der Waals surface area contributed by atoms with E-state index >= 15 is 0 Å². The maximum absolute atomic E-state index is 5.84. The number of benzene rings is 1. The van der Waals surface area contributed by atoms with Crippen molar-refractivity contribution in [3.8, 4) is 5.75 Å². The Hall–Kier alpha value is -1.02. The van der Waals surface area contributed by atoms with Crippen LogP contribution in [0.25, 0.3) is 0 Å². The molecule has 1 aliphatic heterocycles. The summed E-state index contributed by atoms with van der Waals surface area (Å²) in [6.07, 6.45) is 1.36. The fraction of sp³-hybridized carbons (Fsp3) is 0.684. The predicted molar refractivity (Wildman–Crippen MR) is 87.7 cm³/mol. The molecule has 1 aromatic carbocycles. The Morgan fingerprint density at radius 2 is 1.90 bits per heavy atom. The maximum Gasteiger partial charge on any atom is 0.123 e. The Bertz CT molecular complexity index is 532. The van der Waals surface area contributed by atoms with Crippen LogP contribution in [-0.2, 0) is 6.42 Å². The van der Waals surface area contributed by atoms with Gasteiger partial charge in [0.15, 0.2) is 0 Å². The molecule has 2 heteroatoms. The third-order valence-corrected chi connectivity index (χ3v) is 6.17. The Morgan fingerprint density at radius 1 is 1.24 bits per heavy atom. The van der Waals surface area contributed by atoms with E-state index in [1.54, 1.807) is 0 Å². The molecule has 2 unspecified atom stereocenters. The van der Waals surface area contributed by atoms with E-state index in [4.69, 9.17) is 4.74 Å². The Kier molecular flexibility index (Phi) is 3.36. The van der Waals surface area contributed by atoms with Gasteiger partial charge in [0.1, 0.15) is 11.9 Å². The Labute approximate surface area is 129 Å². The summed E-state index contributed by atoms with van der Waals surface area (Å²) >= 11 is 0. The van der Waals surface area contributed by atoms with Crippen molar-refractivity contribution < 1.29 is 4.74 Å². The van der Waals surface area contributed by atoms with Gasteiger partial charge in [-0.25, -0.2) is 0 Å². The smallest absolute Gasteiger partial charge is 0.123 e. The number of nitrogens with one attached hydrogen (secondary N) is 1. The molecule has 2 atom stereocenters. The second kappa shape index (κ2) is 4.74. The molecule has 0 aromatic heterocycles. The van der Waals surface area contributed by atoms with Gasteiger partial charge < -0.3 is 10.1 Å². The van der Waals surface area contributed by atoms with E-state index in [2.05, 4.69) is 65.1 Å². The van der Waals surface area contributed by atoms with E-state index in [1.807, 2.05) is 0 Å². The highest BCUT2D eigenvalue weighted by atomic mass is 16.5. The minimum absolute atomic E-state index is 0.321. The summed E-state index contributed by atoms with van der Waals surface area (Å²) in [6.45, 7) is 15.0. The molecular formula is C19H29NO. The second-order valence-electron chi connectivity index (χ2n) is 7.96. The lowest BCUT2D eigenvalue weighted by atomic mass is 9.94. The SMILES string of the molecule is CCNC(c1ccc2c(c1)CC(C)O2)C1C(C)(C)C1(C)C. The number of ether oxygens (including phenoxy) is 1. The minimum Gasteiger partial charge on any atom is -0.490 e. The van der Waals surface area contributed by atoms with Gasteiger partial charge in [0.25, 0.3) is 0 Å². The van der Waals surface area contributed by atoms with Gasteiger partial charge in [-0.2, -0.15) is 0 Å². The third-order valence-electron chi connectivity index (χ3n) is 6.17. The van der Waals surface area contributed by atoms with Crippen molar-refractivity contribution in [1.82, 2.24) is 5.32 Å². The van der Waals surface area contributed by atoms with E-state index in [0.717, 1.165) is 18.7 Å². The quantitative estimate of drug-likeness (QED) is 0.889. The van der Waals surface area contributed by atoms with Crippen LogP contribution in [0.2, 0.25) is 0 Å². The van der Waals surface area contributed by atoms with Gasteiger partial charge in [0, 0.05) is 12.5 Å². The summed E-state index contributed by atoms with van der Waals surface area (Å²) in [5, 5.41) is 3.73. The highest BCUT2D eigenvalue weighted by Crippen LogP contribution is 2.72. The highest BCUT2D eigenvalue weighted by molar-refractivity contribution is 5.42. The van der Waals surface area contributed by atoms with Crippen LogP contribution in [-0.4, -0.2) is 12.6 Å². The summed E-state index contributed by atoms with van der Waals surface area (Å²) in [4.78, 5) is 0. The molecular weight excluding hydrogens is 258 g/mol. The summed E-state index contributed by atoms with van der Waals surface area (Å²) in [7, 11) is 0. The lowest BCUT2D eigenvalue weighted by Gasteiger charge is -2.21. The zero-order chi connectivity index (χ0) is 15.4. The molecule has 0 bridgehead atoms. The molecule has 1 heterocycles.